The van der Waals surface area contributed by atoms with Crippen molar-refractivity contribution < 1.29 is 23.8 Å². The first-order chi connectivity index (χ1) is 20.6. The number of carbonyl (C=O) groups is 2. The lowest BCUT2D eigenvalue weighted by molar-refractivity contribution is 0.0929. The van der Waals surface area contributed by atoms with Gasteiger partial charge in [0.15, 0.2) is 11.6 Å². The zero-order chi connectivity index (χ0) is 28.4. The number of hydrogen-bond acceptors (Lipinski definition) is 5. The van der Waals surface area contributed by atoms with Crippen LogP contribution in [0, 0.1) is 5.92 Å². The maximum atomic E-state index is 13.6. The summed E-state index contributed by atoms with van der Waals surface area (Å²) in [6.07, 6.45) is 8.20. The Hall–Kier alpha value is -4.64. The van der Waals surface area contributed by atoms with Gasteiger partial charge in [-0.3, -0.25) is 9.59 Å². The van der Waals surface area contributed by atoms with Crippen molar-refractivity contribution >= 4 is 17.6 Å². The summed E-state index contributed by atoms with van der Waals surface area (Å²) in [7, 11) is 1.67. The molecule has 4 aromatic carbocycles. The number of benzene rings is 4. The van der Waals surface area contributed by atoms with Gasteiger partial charge in [0.1, 0.15) is 30.5 Å². The molecule has 1 atom stereocenters. The van der Waals surface area contributed by atoms with Gasteiger partial charge in [-0.05, 0) is 102 Å². The number of fused-ring (bicyclic) bond motifs is 8. The van der Waals surface area contributed by atoms with Gasteiger partial charge in [0.05, 0.1) is 7.11 Å². The molecule has 0 bridgehead atoms. The minimum Gasteiger partial charge on any atom is -0.497 e. The van der Waals surface area contributed by atoms with Gasteiger partial charge in [-0.25, -0.2) is 0 Å². The quantitative estimate of drug-likeness (QED) is 0.259. The molecular weight excluding hydrogens is 524 g/mol. The maximum Gasteiger partial charge on any atom is 0.170 e. The largest absolute Gasteiger partial charge is 0.497 e. The highest BCUT2D eigenvalue weighted by atomic mass is 16.5. The summed E-state index contributed by atoms with van der Waals surface area (Å²) in [5.74, 6) is 2.57. The molecule has 2 heterocycles. The first kappa shape index (κ1) is 25.1. The van der Waals surface area contributed by atoms with E-state index in [0.29, 0.717) is 19.6 Å². The van der Waals surface area contributed by atoms with Crippen LogP contribution in [0.25, 0.3) is 28.3 Å². The van der Waals surface area contributed by atoms with Crippen molar-refractivity contribution in [1.82, 2.24) is 0 Å². The van der Waals surface area contributed by atoms with Crippen molar-refractivity contribution in [1.29, 1.82) is 0 Å². The molecule has 42 heavy (non-hydrogen) atoms. The topological polar surface area (TPSA) is 61.8 Å². The zero-order valence-corrected chi connectivity index (χ0v) is 23.5. The van der Waals surface area contributed by atoms with E-state index in [-0.39, 0.29) is 17.5 Å². The summed E-state index contributed by atoms with van der Waals surface area (Å²) in [6, 6.07) is 20.6. The molecule has 208 valence electrons. The fourth-order valence-corrected chi connectivity index (χ4v) is 6.93. The number of ketones is 2. The highest BCUT2D eigenvalue weighted by Crippen LogP contribution is 2.44. The Morgan fingerprint density at radius 1 is 0.690 bits per heavy atom. The molecule has 0 radical (unpaired) electrons. The summed E-state index contributed by atoms with van der Waals surface area (Å²) in [5.41, 5.74) is 11.5. The van der Waals surface area contributed by atoms with Gasteiger partial charge in [0.2, 0.25) is 0 Å². The average Bonchev–Trinajstić information content (AvgIpc) is 3.02. The lowest BCUT2D eigenvalue weighted by atomic mass is 9.80. The minimum absolute atomic E-state index is 0.147. The molecule has 0 fully saturated rings. The van der Waals surface area contributed by atoms with E-state index in [2.05, 4.69) is 48.6 Å². The number of ether oxygens (including phenoxy) is 3. The van der Waals surface area contributed by atoms with E-state index in [1.54, 1.807) is 7.11 Å². The molecule has 2 aliphatic heterocycles. The summed E-state index contributed by atoms with van der Waals surface area (Å²) < 4.78 is 17.6. The van der Waals surface area contributed by atoms with Gasteiger partial charge in [0, 0.05) is 40.2 Å². The van der Waals surface area contributed by atoms with E-state index in [4.69, 9.17) is 14.2 Å². The monoisotopic (exact) mass is 554 g/mol. The van der Waals surface area contributed by atoms with Crippen molar-refractivity contribution in [2.24, 2.45) is 5.92 Å². The third-order valence-corrected chi connectivity index (χ3v) is 9.20. The SMILES string of the molecule is COc1ccc2c(c1)COc1cc3c(cc1-2)CCC(/C=C/c1ccc2c(c1)COc1cc4c(cc1-2)CCCC4=O)C3=O. The highest BCUT2D eigenvalue weighted by Gasteiger charge is 2.29. The molecule has 5 heteroatoms. The lowest BCUT2D eigenvalue weighted by Crippen LogP contribution is -2.21. The zero-order valence-electron chi connectivity index (χ0n) is 23.5. The van der Waals surface area contributed by atoms with Crippen LogP contribution in [-0.2, 0) is 26.1 Å². The van der Waals surface area contributed by atoms with Gasteiger partial charge < -0.3 is 14.2 Å². The number of rotatable bonds is 3. The number of carbonyl (C=O) groups excluding carboxylic acids is 2. The molecule has 0 spiro atoms. The summed E-state index contributed by atoms with van der Waals surface area (Å²) >= 11 is 0. The molecule has 0 saturated carbocycles. The first-order valence-electron chi connectivity index (χ1n) is 14.7. The number of Topliss-reactive ketones (excluding diaryl/α,β-unsaturated/α-hetero) is 2. The Morgan fingerprint density at radius 3 is 2.14 bits per heavy atom. The fourth-order valence-electron chi connectivity index (χ4n) is 6.93. The predicted molar refractivity (Wildman–Crippen MR) is 161 cm³/mol. The van der Waals surface area contributed by atoms with Crippen LogP contribution < -0.4 is 14.2 Å². The standard InChI is InChI=1S/C37H30O5/c1-40-27-10-12-29-26(14-27)20-42-36-18-31-24(16-33(29)36)9-8-22(37(31)39)7-5-21-6-11-28-25(13-21)19-41-35-17-30-23(15-32(28)35)3-2-4-34(30)38/h5-7,10-18,22H,2-4,8-9,19-20H2,1H3/b7-5+. The van der Waals surface area contributed by atoms with E-state index in [1.807, 2.05) is 24.3 Å². The molecule has 0 N–H and O–H groups in total. The van der Waals surface area contributed by atoms with E-state index in [0.717, 1.165) is 104 Å². The second kappa shape index (κ2) is 9.73. The number of methoxy groups -OCH3 is 1. The second-order valence-electron chi connectivity index (χ2n) is 11.7. The van der Waals surface area contributed by atoms with Crippen molar-refractivity contribution in [3.05, 3.63) is 106 Å². The normalized spacial score (nSPS) is 18.1. The van der Waals surface area contributed by atoms with Crippen LogP contribution in [0.15, 0.2) is 66.7 Å². The smallest absolute Gasteiger partial charge is 0.170 e. The van der Waals surface area contributed by atoms with E-state index < -0.39 is 0 Å². The third kappa shape index (κ3) is 4.06. The van der Waals surface area contributed by atoms with Gasteiger partial charge in [-0.15, -0.1) is 0 Å². The van der Waals surface area contributed by atoms with Crippen LogP contribution >= 0.6 is 0 Å². The molecule has 4 aromatic rings. The van der Waals surface area contributed by atoms with Gasteiger partial charge in [0.25, 0.3) is 0 Å². The van der Waals surface area contributed by atoms with Crippen LogP contribution in [-0.4, -0.2) is 18.7 Å². The Bertz CT molecular complexity index is 1850. The van der Waals surface area contributed by atoms with Crippen LogP contribution in [0.5, 0.6) is 17.2 Å². The van der Waals surface area contributed by atoms with E-state index in [1.165, 1.54) is 0 Å². The lowest BCUT2D eigenvalue weighted by Gasteiger charge is -2.27. The minimum atomic E-state index is -0.173. The van der Waals surface area contributed by atoms with E-state index >= 15 is 0 Å². The third-order valence-electron chi connectivity index (χ3n) is 9.20. The Kier molecular flexibility index (Phi) is 5.81. The Labute approximate surface area is 244 Å². The van der Waals surface area contributed by atoms with Crippen molar-refractivity contribution in [3.63, 3.8) is 0 Å². The van der Waals surface area contributed by atoms with E-state index in [9.17, 15) is 9.59 Å². The first-order valence-corrected chi connectivity index (χ1v) is 14.7. The number of allylic oxidation sites excluding steroid dienone is 1. The number of hydrogen-bond donors (Lipinski definition) is 0. The van der Waals surface area contributed by atoms with Crippen molar-refractivity contribution in [2.75, 3.05) is 7.11 Å². The molecule has 5 nitrogen and oxygen atoms in total. The predicted octanol–water partition coefficient (Wildman–Crippen LogP) is 7.79. The number of aryl methyl sites for hydroxylation is 2. The summed E-state index contributed by atoms with van der Waals surface area (Å²) in [5, 5.41) is 0. The second-order valence-corrected chi connectivity index (χ2v) is 11.7. The van der Waals surface area contributed by atoms with Crippen LogP contribution in [0.1, 0.15) is 67.8 Å². The van der Waals surface area contributed by atoms with Gasteiger partial charge in [-0.2, -0.15) is 0 Å². The molecule has 8 rings (SSSR count). The molecule has 0 aromatic heterocycles. The maximum absolute atomic E-state index is 13.6. The van der Waals surface area contributed by atoms with Crippen LogP contribution in [0.4, 0.5) is 0 Å². The summed E-state index contributed by atoms with van der Waals surface area (Å²) in [4.78, 5) is 26.0. The van der Waals surface area contributed by atoms with Gasteiger partial charge >= 0.3 is 0 Å². The molecule has 1 unspecified atom stereocenters. The Morgan fingerprint density at radius 2 is 1.38 bits per heavy atom. The molecule has 0 amide bonds. The molecule has 0 saturated heterocycles. The Balaban J connectivity index is 1.04. The van der Waals surface area contributed by atoms with Crippen LogP contribution in [0.3, 0.4) is 0 Å². The molecule has 2 aliphatic carbocycles. The molecule has 4 aliphatic rings. The van der Waals surface area contributed by atoms with Crippen molar-refractivity contribution in [3.8, 4) is 39.5 Å². The van der Waals surface area contributed by atoms with Crippen molar-refractivity contribution in [2.45, 2.75) is 45.3 Å². The van der Waals surface area contributed by atoms with Crippen LogP contribution in [0.2, 0.25) is 0 Å². The summed E-state index contributed by atoms with van der Waals surface area (Å²) in [6.45, 7) is 0.927. The fraction of sp³-hybridized carbons (Fsp3) is 0.243. The highest BCUT2D eigenvalue weighted by molar-refractivity contribution is 6.03. The van der Waals surface area contributed by atoms with Gasteiger partial charge in [-0.1, -0.05) is 30.4 Å². The molecular formula is C37H30O5. The average molecular weight is 555 g/mol.